The number of alkyl halides is 3. The molecule has 0 atom stereocenters. The van der Waals surface area contributed by atoms with E-state index in [1.165, 1.54) is 12.1 Å². The lowest BCUT2D eigenvalue weighted by atomic mass is 10.0. The third-order valence-corrected chi connectivity index (χ3v) is 3.00. The molecule has 1 aliphatic rings. The van der Waals surface area contributed by atoms with E-state index in [0.29, 0.717) is 18.7 Å². The molecule has 0 aromatic heterocycles. The van der Waals surface area contributed by atoms with Crippen molar-refractivity contribution < 1.29 is 8.78 Å². The van der Waals surface area contributed by atoms with Gasteiger partial charge in [-0.15, -0.1) is 11.6 Å². The molecule has 0 amide bonds. The van der Waals surface area contributed by atoms with Gasteiger partial charge < -0.3 is 0 Å². The summed E-state index contributed by atoms with van der Waals surface area (Å²) in [5.41, 5.74) is 1.16. The van der Waals surface area contributed by atoms with Crippen molar-refractivity contribution in [1.29, 1.82) is 0 Å². The highest BCUT2D eigenvalue weighted by Gasteiger charge is 2.47. The van der Waals surface area contributed by atoms with Crippen LogP contribution in [0.25, 0.3) is 0 Å². The molecule has 0 unspecified atom stereocenters. The number of benzene rings is 1. The molecule has 1 aromatic rings. The minimum Gasteiger partial charge on any atom is -0.201 e. The molecular formula is C12H13ClF2. The van der Waals surface area contributed by atoms with Crippen molar-refractivity contribution in [2.24, 2.45) is 5.92 Å². The van der Waals surface area contributed by atoms with Gasteiger partial charge in [0.2, 0.25) is 0 Å². The number of aryl methyl sites for hydroxylation is 1. The van der Waals surface area contributed by atoms with Gasteiger partial charge >= 0.3 is 0 Å². The lowest BCUT2D eigenvalue weighted by Crippen LogP contribution is -2.15. The molecule has 0 spiro atoms. The molecule has 0 radical (unpaired) electrons. The van der Waals surface area contributed by atoms with Gasteiger partial charge in [0.15, 0.2) is 0 Å². The van der Waals surface area contributed by atoms with E-state index < -0.39 is 11.8 Å². The molecule has 15 heavy (non-hydrogen) atoms. The van der Waals surface area contributed by atoms with Gasteiger partial charge in [-0.05, 0) is 24.8 Å². The van der Waals surface area contributed by atoms with Crippen LogP contribution >= 0.6 is 11.6 Å². The van der Waals surface area contributed by atoms with Crippen molar-refractivity contribution in [3.63, 3.8) is 0 Å². The van der Waals surface area contributed by atoms with E-state index in [1.54, 1.807) is 12.1 Å². The van der Waals surface area contributed by atoms with Gasteiger partial charge in [-0.3, -0.25) is 0 Å². The first-order valence-corrected chi connectivity index (χ1v) is 5.71. The van der Waals surface area contributed by atoms with Crippen LogP contribution in [0.15, 0.2) is 24.3 Å². The molecule has 1 saturated carbocycles. The Morgan fingerprint density at radius 1 is 1.20 bits per heavy atom. The SMILES string of the molecule is FC(F)(c1ccc(CCCl)cc1)C1CC1. The summed E-state index contributed by atoms with van der Waals surface area (Å²) in [6, 6.07) is 6.54. The summed E-state index contributed by atoms with van der Waals surface area (Å²) >= 11 is 5.58. The van der Waals surface area contributed by atoms with Crippen LogP contribution in [0.3, 0.4) is 0 Å². The predicted molar refractivity (Wildman–Crippen MR) is 57.5 cm³/mol. The molecule has 0 N–H and O–H groups in total. The maximum absolute atomic E-state index is 13.6. The largest absolute Gasteiger partial charge is 0.276 e. The fourth-order valence-corrected chi connectivity index (χ4v) is 1.90. The lowest BCUT2D eigenvalue weighted by molar-refractivity contribution is -0.0285. The predicted octanol–water partition coefficient (Wildman–Crippen LogP) is 3.97. The first-order chi connectivity index (χ1) is 7.14. The molecule has 0 aliphatic heterocycles. The summed E-state index contributed by atoms with van der Waals surface area (Å²) in [6.07, 6.45) is 2.03. The summed E-state index contributed by atoms with van der Waals surface area (Å²) in [4.78, 5) is 0. The zero-order chi connectivity index (χ0) is 10.9. The van der Waals surface area contributed by atoms with E-state index in [0.717, 1.165) is 12.0 Å². The smallest absolute Gasteiger partial charge is 0.201 e. The maximum Gasteiger partial charge on any atom is 0.276 e. The topological polar surface area (TPSA) is 0 Å². The van der Waals surface area contributed by atoms with E-state index in [4.69, 9.17) is 11.6 Å². The van der Waals surface area contributed by atoms with Crippen molar-refractivity contribution in [2.75, 3.05) is 5.88 Å². The highest BCUT2D eigenvalue weighted by Crippen LogP contribution is 2.49. The Hall–Kier alpha value is -0.630. The van der Waals surface area contributed by atoms with Crippen LogP contribution in [0.1, 0.15) is 24.0 Å². The zero-order valence-corrected chi connectivity index (χ0v) is 9.11. The fraction of sp³-hybridized carbons (Fsp3) is 0.500. The Kier molecular flexibility index (Phi) is 2.96. The van der Waals surface area contributed by atoms with Crippen LogP contribution in [-0.2, 0) is 12.3 Å². The quantitative estimate of drug-likeness (QED) is 0.687. The summed E-state index contributed by atoms with van der Waals surface area (Å²) in [5.74, 6) is -2.55. The Bertz CT molecular complexity index is 328. The average molecular weight is 231 g/mol. The Labute approximate surface area is 93.2 Å². The Balaban J connectivity index is 2.15. The molecule has 2 rings (SSSR count). The van der Waals surface area contributed by atoms with Crippen LogP contribution in [0, 0.1) is 5.92 Å². The Morgan fingerprint density at radius 3 is 2.27 bits per heavy atom. The van der Waals surface area contributed by atoms with Crippen molar-refractivity contribution in [1.82, 2.24) is 0 Å². The van der Waals surface area contributed by atoms with E-state index in [9.17, 15) is 8.78 Å². The van der Waals surface area contributed by atoms with E-state index in [1.807, 2.05) is 0 Å². The second-order valence-electron chi connectivity index (χ2n) is 4.03. The van der Waals surface area contributed by atoms with Crippen molar-refractivity contribution in [3.8, 4) is 0 Å². The van der Waals surface area contributed by atoms with Crippen molar-refractivity contribution in [2.45, 2.75) is 25.2 Å². The number of rotatable bonds is 4. The zero-order valence-electron chi connectivity index (χ0n) is 8.35. The van der Waals surface area contributed by atoms with E-state index in [-0.39, 0.29) is 5.56 Å². The van der Waals surface area contributed by atoms with Gasteiger partial charge in [-0.25, -0.2) is 8.78 Å². The lowest BCUT2D eigenvalue weighted by Gasteiger charge is -2.16. The van der Waals surface area contributed by atoms with Gasteiger partial charge in [0.05, 0.1) is 0 Å². The molecule has 3 heteroatoms. The molecule has 1 aromatic carbocycles. The monoisotopic (exact) mass is 230 g/mol. The molecular weight excluding hydrogens is 218 g/mol. The van der Waals surface area contributed by atoms with Crippen LogP contribution < -0.4 is 0 Å². The number of hydrogen-bond donors (Lipinski definition) is 0. The molecule has 0 heterocycles. The summed E-state index contributed by atoms with van der Waals surface area (Å²) < 4.78 is 27.3. The molecule has 0 saturated heterocycles. The van der Waals surface area contributed by atoms with Crippen molar-refractivity contribution in [3.05, 3.63) is 35.4 Å². The second-order valence-corrected chi connectivity index (χ2v) is 4.41. The molecule has 1 fully saturated rings. The highest BCUT2D eigenvalue weighted by molar-refractivity contribution is 6.17. The minimum absolute atomic E-state index is 0.142. The van der Waals surface area contributed by atoms with Crippen LogP contribution in [0.5, 0.6) is 0 Å². The summed E-state index contributed by atoms with van der Waals surface area (Å²) in [5, 5.41) is 0. The number of halogens is 3. The number of hydrogen-bond acceptors (Lipinski definition) is 0. The molecule has 82 valence electrons. The van der Waals surface area contributed by atoms with Gasteiger partial charge in [-0.2, -0.15) is 0 Å². The third kappa shape index (κ3) is 2.31. The molecule has 1 aliphatic carbocycles. The van der Waals surface area contributed by atoms with Crippen molar-refractivity contribution >= 4 is 11.6 Å². The molecule has 0 bridgehead atoms. The van der Waals surface area contributed by atoms with Gasteiger partial charge in [-0.1, -0.05) is 24.3 Å². The minimum atomic E-state index is -2.64. The highest BCUT2D eigenvalue weighted by atomic mass is 35.5. The van der Waals surface area contributed by atoms with Crippen LogP contribution in [0.2, 0.25) is 0 Å². The standard InChI is InChI=1S/C12H13ClF2/c13-8-7-9-1-3-10(4-2-9)12(14,15)11-5-6-11/h1-4,11H,5-8H2. The van der Waals surface area contributed by atoms with Gasteiger partial charge in [0.25, 0.3) is 5.92 Å². The Morgan fingerprint density at radius 2 is 1.80 bits per heavy atom. The third-order valence-electron chi connectivity index (χ3n) is 2.81. The van der Waals surface area contributed by atoms with Gasteiger partial charge in [0.1, 0.15) is 0 Å². The second kappa shape index (κ2) is 4.09. The van der Waals surface area contributed by atoms with Crippen LogP contribution in [-0.4, -0.2) is 5.88 Å². The summed E-state index contributed by atoms with van der Waals surface area (Å²) in [6.45, 7) is 0. The van der Waals surface area contributed by atoms with E-state index >= 15 is 0 Å². The first-order valence-electron chi connectivity index (χ1n) is 5.18. The first kappa shape index (κ1) is 10.9. The maximum atomic E-state index is 13.6. The van der Waals surface area contributed by atoms with Crippen LogP contribution in [0.4, 0.5) is 8.78 Å². The normalized spacial score (nSPS) is 16.7. The van der Waals surface area contributed by atoms with E-state index in [2.05, 4.69) is 0 Å². The average Bonchev–Trinajstić information content (AvgIpc) is 3.02. The summed E-state index contributed by atoms with van der Waals surface area (Å²) in [7, 11) is 0. The molecule has 0 nitrogen and oxygen atoms in total. The van der Waals surface area contributed by atoms with Gasteiger partial charge in [0, 0.05) is 17.4 Å². The fourth-order valence-electron chi connectivity index (χ4n) is 1.68.